The monoisotopic (exact) mass is 361 g/mol. The lowest BCUT2D eigenvalue weighted by Crippen LogP contribution is -2.29. The number of halogens is 3. The van der Waals surface area contributed by atoms with E-state index in [2.05, 4.69) is 33.4 Å². The van der Waals surface area contributed by atoms with Crippen LogP contribution in [0.2, 0.25) is 0 Å². The van der Waals surface area contributed by atoms with Crippen LogP contribution >= 0.6 is 15.9 Å². The molecule has 1 aliphatic heterocycles. The van der Waals surface area contributed by atoms with E-state index in [0.717, 1.165) is 28.1 Å². The van der Waals surface area contributed by atoms with E-state index < -0.39 is 11.6 Å². The second kappa shape index (κ2) is 5.20. The van der Waals surface area contributed by atoms with E-state index in [9.17, 15) is 8.78 Å². The lowest BCUT2D eigenvalue weighted by atomic mass is 9.77. The molecule has 2 aliphatic rings. The van der Waals surface area contributed by atoms with Gasteiger partial charge in [0.1, 0.15) is 11.6 Å². The second-order valence-electron chi connectivity index (χ2n) is 5.88. The lowest BCUT2D eigenvalue weighted by molar-refractivity contribution is 0.418. The van der Waals surface area contributed by atoms with Crippen molar-refractivity contribution in [1.29, 1.82) is 0 Å². The van der Waals surface area contributed by atoms with Crippen LogP contribution in [0.5, 0.6) is 0 Å². The zero-order valence-electron chi connectivity index (χ0n) is 11.7. The Morgan fingerprint density at radius 2 is 1.86 bits per heavy atom. The number of nitrogens with one attached hydrogen (secondary N) is 1. The van der Waals surface area contributed by atoms with Gasteiger partial charge in [-0.25, -0.2) is 8.78 Å². The van der Waals surface area contributed by atoms with E-state index in [0.29, 0.717) is 5.69 Å². The highest BCUT2D eigenvalue weighted by Gasteiger charge is 2.39. The Morgan fingerprint density at radius 3 is 2.64 bits per heavy atom. The Kier molecular flexibility index (Phi) is 3.30. The number of allylic oxidation sites excluding steroid dienone is 2. The molecular formula is C18H14BrF2N. The first-order chi connectivity index (χ1) is 10.6. The highest BCUT2D eigenvalue weighted by Crippen LogP contribution is 2.50. The number of fused-ring (bicyclic) bond motifs is 3. The first kappa shape index (κ1) is 13.9. The Morgan fingerprint density at radius 1 is 1.09 bits per heavy atom. The summed E-state index contributed by atoms with van der Waals surface area (Å²) < 4.78 is 28.8. The Bertz CT molecular complexity index is 754. The molecular weight excluding hydrogens is 348 g/mol. The molecule has 0 saturated carbocycles. The van der Waals surface area contributed by atoms with Gasteiger partial charge in [-0.15, -0.1) is 0 Å². The van der Waals surface area contributed by atoms with E-state index in [4.69, 9.17) is 0 Å². The standard InChI is InChI=1S/C18H14BrF2N/c19-11-6-4-10(5-7-11)17-14-3-1-2-13(14)15-8-12(20)9-16(21)18(15)22-17/h1-2,4-9,13-14,17,22H,3H2/t13-,14+,17-/m1/s1. The van der Waals surface area contributed by atoms with Crippen molar-refractivity contribution in [2.45, 2.75) is 18.4 Å². The zero-order valence-corrected chi connectivity index (χ0v) is 13.3. The van der Waals surface area contributed by atoms with Crippen LogP contribution in [0.1, 0.15) is 29.5 Å². The van der Waals surface area contributed by atoms with Gasteiger partial charge >= 0.3 is 0 Å². The van der Waals surface area contributed by atoms with Gasteiger partial charge in [-0.3, -0.25) is 0 Å². The fourth-order valence-corrected chi connectivity index (χ4v) is 3.89. The molecule has 4 heteroatoms. The molecule has 0 spiro atoms. The van der Waals surface area contributed by atoms with Crippen LogP contribution in [0.4, 0.5) is 14.5 Å². The predicted molar refractivity (Wildman–Crippen MR) is 86.9 cm³/mol. The maximum Gasteiger partial charge on any atom is 0.149 e. The molecule has 0 fully saturated rings. The summed E-state index contributed by atoms with van der Waals surface area (Å²) in [6.07, 6.45) is 5.10. The SMILES string of the molecule is Fc1cc(F)c2c(c1)[C@@H]1C=CC[C@@H]1[C@@H](c1ccc(Br)cc1)N2. The summed E-state index contributed by atoms with van der Waals surface area (Å²) in [5.74, 6) is -0.681. The minimum Gasteiger partial charge on any atom is -0.375 e. The Hall–Kier alpha value is -1.68. The van der Waals surface area contributed by atoms with Gasteiger partial charge in [-0.05, 0) is 41.7 Å². The summed E-state index contributed by atoms with van der Waals surface area (Å²) >= 11 is 3.44. The minimum atomic E-state index is -0.518. The molecule has 2 aromatic rings. The molecule has 0 unspecified atom stereocenters. The van der Waals surface area contributed by atoms with E-state index in [1.165, 1.54) is 6.07 Å². The van der Waals surface area contributed by atoms with Crippen molar-refractivity contribution in [3.8, 4) is 0 Å². The average Bonchev–Trinajstić information content (AvgIpc) is 2.97. The minimum absolute atomic E-state index is 0.0283. The molecule has 2 aromatic carbocycles. The van der Waals surface area contributed by atoms with Crippen molar-refractivity contribution in [3.63, 3.8) is 0 Å². The molecule has 3 atom stereocenters. The van der Waals surface area contributed by atoms with Crippen LogP contribution in [0, 0.1) is 17.6 Å². The third kappa shape index (κ3) is 2.17. The third-order valence-electron chi connectivity index (χ3n) is 4.61. The van der Waals surface area contributed by atoms with Gasteiger partial charge in [-0.2, -0.15) is 0 Å². The summed E-state index contributed by atoms with van der Waals surface area (Å²) in [6, 6.07) is 10.5. The quantitative estimate of drug-likeness (QED) is 0.656. The summed E-state index contributed by atoms with van der Waals surface area (Å²) in [7, 11) is 0. The van der Waals surface area contributed by atoms with Crippen LogP contribution < -0.4 is 5.32 Å². The molecule has 0 radical (unpaired) electrons. The first-order valence-electron chi connectivity index (χ1n) is 7.31. The molecule has 1 N–H and O–H groups in total. The summed E-state index contributed by atoms with van der Waals surface area (Å²) in [5, 5.41) is 3.30. The van der Waals surface area contributed by atoms with Crippen LogP contribution in [-0.2, 0) is 0 Å². The molecule has 0 amide bonds. The highest BCUT2D eigenvalue weighted by atomic mass is 79.9. The van der Waals surface area contributed by atoms with Crippen molar-refractivity contribution in [2.24, 2.45) is 5.92 Å². The number of benzene rings is 2. The van der Waals surface area contributed by atoms with Gasteiger partial charge in [0.15, 0.2) is 0 Å². The number of hydrogen-bond donors (Lipinski definition) is 1. The Labute approximate surface area is 136 Å². The molecule has 1 aliphatic carbocycles. The molecule has 0 aromatic heterocycles. The molecule has 22 heavy (non-hydrogen) atoms. The smallest absolute Gasteiger partial charge is 0.149 e. The number of rotatable bonds is 1. The molecule has 0 saturated heterocycles. The van der Waals surface area contributed by atoms with Gasteiger partial charge < -0.3 is 5.32 Å². The maximum atomic E-state index is 14.2. The number of anilines is 1. The topological polar surface area (TPSA) is 12.0 Å². The fourth-order valence-electron chi connectivity index (χ4n) is 3.62. The van der Waals surface area contributed by atoms with Gasteiger partial charge in [0.25, 0.3) is 0 Å². The molecule has 4 rings (SSSR count). The van der Waals surface area contributed by atoms with Gasteiger partial charge in [0.2, 0.25) is 0 Å². The van der Waals surface area contributed by atoms with Crippen LogP contribution in [0.25, 0.3) is 0 Å². The first-order valence-corrected chi connectivity index (χ1v) is 8.10. The van der Waals surface area contributed by atoms with Crippen LogP contribution in [0.3, 0.4) is 0 Å². The Balaban J connectivity index is 1.82. The highest BCUT2D eigenvalue weighted by molar-refractivity contribution is 9.10. The van der Waals surface area contributed by atoms with Crippen LogP contribution in [-0.4, -0.2) is 0 Å². The second-order valence-corrected chi connectivity index (χ2v) is 6.79. The van der Waals surface area contributed by atoms with Crippen molar-refractivity contribution >= 4 is 21.6 Å². The van der Waals surface area contributed by atoms with Gasteiger partial charge in [-0.1, -0.05) is 40.2 Å². The maximum absolute atomic E-state index is 14.2. The average molecular weight is 362 g/mol. The largest absolute Gasteiger partial charge is 0.375 e. The van der Waals surface area contributed by atoms with E-state index >= 15 is 0 Å². The van der Waals surface area contributed by atoms with Crippen molar-refractivity contribution in [3.05, 3.63) is 75.8 Å². The number of hydrogen-bond acceptors (Lipinski definition) is 1. The van der Waals surface area contributed by atoms with Crippen molar-refractivity contribution in [1.82, 2.24) is 0 Å². The van der Waals surface area contributed by atoms with Crippen molar-refractivity contribution in [2.75, 3.05) is 5.32 Å². The van der Waals surface area contributed by atoms with E-state index in [1.807, 2.05) is 24.3 Å². The molecule has 0 bridgehead atoms. The van der Waals surface area contributed by atoms with E-state index in [-0.39, 0.29) is 17.9 Å². The summed E-state index contributed by atoms with van der Waals surface area (Å²) in [5.41, 5.74) is 2.28. The zero-order chi connectivity index (χ0) is 15.3. The summed E-state index contributed by atoms with van der Waals surface area (Å²) in [4.78, 5) is 0. The molecule has 112 valence electrons. The fraction of sp³-hybridized carbons (Fsp3) is 0.222. The summed E-state index contributed by atoms with van der Waals surface area (Å²) in [6.45, 7) is 0. The van der Waals surface area contributed by atoms with Gasteiger partial charge in [0, 0.05) is 16.5 Å². The van der Waals surface area contributed by atoms with Gasteiger partial charge in [0.05, 0.1) is 11.7 Å². The van der Waals surface area contributed by atoms with E-state index in [1.54, 1.807) is 0 Å². The normalized spacial score (nSPS) is 25.5. The lowest BCUT2D eigenvalue weighted by Gasteiger charge is -2.37. The van der Waals surface area contributed by atoms with Crippen molar-refractivity contribution < 1.29 is 8.78 Å². The van der Waals surface area contributed by atoms with Crippen LogP contribution in [0.15, 0.2) is 53.0 Å². The predicted octanol–water partition coefficient (Wildman–Crippen LogP) is 5.55. The molecule has 1 nitrogen and oxygen atoms in total. The third-order valence-corrected chi connectivity index (χ3v) is 5.14. The molecule has 1 heterocycles.